The fourth-order valence-corrected chi connectivity index (χ4v) is 2.37. The minimum absolute atomic E-state index is 0.0244. The fraction of sp³-hybridized carbons (Fsp3) is 0.818. The zero-order valence-corrected chi connectivity index (χ0v) is 10.0. The summed E-state index contributed by atoms with van der Waals surface area (Å²) in [5.74, 6) is -0.519. The SMILES string of the molecule is CC(C)NC(=O)C1CCCCC1C(=O)Cl. The monoisotopic (exact) mass is 231 g/mol. The van der Waals surface area contributed by atoms with Gasteiger partial charge in [0.25, 0.3) is 0 Å². The van der Waals surface area contributed by atoms with Gasteiger partial charge in [-0.2, -0.15) is 0 Å². The third-order valence-electron chi connectivity index (χ3n) is 2.83. The molecule has 0 spiro atoms. The van der Waals surface area contributed by atoms with E-state index in [-0.39, 0.29) is 29.0 Å². The molecule has 4 heteroatoms. The van der Waals surface area contributed by atoms with Gasteiger partial charge in [-0.15, -0.1) is 0 Å². The molecule has 0 aliphatic heterocycles. The van der Waals surface area contributed by atoms with Crippen LogP contribution in [0, 0.1) is 11.8 Å². The predicted octanol–water partition coefficient (Wildman–Crippen LogP) is 2.08. The van der Waals surface area contributed by atoms with Gasteiger partial charge in [-0.1, -0.05) is 12.8 Å². The zero-order valence-electron chi connectivity index (χ0n) is 9.25. The van der Waals surface area contributed by atoms with Crippen molar-refractivity contribution in [3.05, 3.63) is 0 Å². The molecule has 1 rings (SSSR count). The van der Waals surface area contributed by atoms with Crippen molar-refractivity contribution in [2.45, 2.75) is 45.6 Å². The predicted molar refractivity (Wildman–Crippen MR) is 59.6 cm³/mol. The summed E-state index contributed by atoms with van der Waals surface area (Å²) in [7, 11) is 0. The molecule has 1 amide bonds. The van der Waals surface area contributed by atoms with Gasteiger partial charge in [0.2, 0.25) is 11.1 Å². The zero-order chi connectivity index (χ0) is 11.4. The third-order valence-corrected chi connectivity index (χ3v) is 3.11. The van der Waals surface area contributed by atoms with Crippen LogP contribution in [-0.4, -0.2) is 17.2 Å². The van der Waals surface area contributed by atoms with Gasteiger partial charge in [0.15, 0.2) is 0 Å². The van der Waals surface area contributed by atoms with E-state index >= 15 is 0 Å². The van der Waals surface area contributed by atoms with Crippen LogP contribution in [0.25, 0.3) is 0 Å². The van der Waals surface area contributed by atoms with E-state index in [0.29, 0.717) is 0 Å². The molecule has 1 fully saturated rings. The number of halogens is 1. The number of carbonyl (C=O) groups is 2. The number of hydrogen-bond donors (Lipinski definition) is 1. The highest BCUT2D eigenvalue weighted by molar-refractivity contribution is 6.64. The van der Waals surface area contributed by atoms with Crippen molar-refractivity contribution >= 4 is 22.8 Å². The van der Waals surface area contributed by atoms with Crippen molar-refractivity contribution in [3.8, 4) is 0 Å². The van der Waals surface area contributed by atoms with Gasteiger partial charge in [0.05, 0.1) is 0 Å². The number of carbonyl (C=O) groups excluding carboxylic acids is 2. The summed E-state index contributed by atoms with van der Waals surface area (Å²) in [5, 5.41) is 2.49. The molecule has 1 saturated carbocycles. The molecule has 3 nitrogen and oxygen atoms in total. The topological polar surface area (TPSA) is 46.2 Å². The maximum atomic E-state index is 11.8. The maximum Gasteiger partial charge on any atom is 0.225 e. The molecule has 1 aliphatic rings. The molecule has 0 radical (unpaired) electrons. The van der Waals surface area contributed by atoms with Crippen molar-refractivity contribution in [1.82, 2.24) is 5.32 Å². The molecule has 1 N–H and O–H groups in total. The average molecular weight is 232 g/mol. The van der Waals surface area contributed by atoms with Crippen molar-refractivity contribution in [3.63, 3.8) is 0 Å². The number of hydrogen-bond acceptors (Lipinski definition) is 2. The maximum absolute atomic E-state index is 11.8. The van der Waals surface area contributed by atoms with Crippen LogP contribution in [0.4, 0.5) is 0 Å². The molecule has 2 unspecified atom stereocenters. The quantitative estimate of drug-likeness (QED) is 0.756. The first-order valence-corrected chi connectivity index (χ1v) is 5.90. The van der Waals surface area contributed by atoms with E-state index in [9.17, 15) is 9.59 Å². The number of rotatable bonds is 3. The highest BCUT2D eigenvalue weighted by Gasteiger charge is 2.34. The van der Waals surface area contributed by atoms with E-state index in [1.807, 2.05) is 13.8 Å². The molecule has 86 valence electrons. The molecule has 0 saturated heterocycles. The molecule has 0 heterocycles. The van der Waals surface area contributed by atoms with Gasteiger partial charge in [0.1, 0.15) is 0 Å². The largest absolute Gasteiger partial charge is 0.354 e. The Kier molecular flexibility index (Phi) is 4.58. The van der Waals surface area contributed by atoms with Gasteiger partial charge in [0, 0.05) is 17.9 Å². The Hall–Kier alpha value is -0.570. The van der Waals surface area contributed by atoms with Crippen LogP contribution in [0.1, 0.15) is 39.5 Å². The average Bonchev–Trinajstić information content (AvgIpc) is 2.16. The van der Waals surface area contributed by atoms with Gasteiger partial charge >= 0.3 is 0 Å². The van der Waals surface area contributed by atoms with E-state index in [0.717, 1.165) is 25.7 Å². The van der Waals surface area contributed by atoms with Crippen molar-refractivity contribution in [2.24, 2.45) is 11.8 Å². The highest BCUT2D eigenvalue weighted by atomic mass is 35.5. The van der Waals surface area contributed by atoms with E-state index in [4.69, 9.17) is 11.6 Å². The standard InChI is InChI=1S/C11H18ClNO2/c1-7(2)13-11(15)9-6-4-3-5-8(9)10(12)14/h7-9H,3-6H2,1-2H3,(H,13,15). The van der Waals surface area contributed by atoms with Crippen LogP contribution >= 0.6 is 11.6 Å². The molecule has 0 bridgehead atoms. The Labute approximate surface area is 95.6 Å². The van der Waals surface area contributed by atoms with Crippen LogP contribution in [0.2, 0.25) is 0 Å². The second-order valence-electron chi connectivity index (χ2n) is 4.46. The number of amides is 1. The van der Waals surface area contributed by atoms with Crippen LogP contribution in [-0.2, 0) is 9.59 Å². The molecule has 15 heavy (non-hydrogen) atoms. The Morgan fingerprint density at radius 3 is 2.20 bits per heavy atom. The lowest BCUT2D eigenvalue weighted by Gasteiger charge is -2.28. The fourth-order valence-electron chi connectivity index (χ4n) is 2.11. The lowest BCUT2D eigenvalue weighted by atomic mass is 9.79. The molecule has 0 aromatic carbocycles. The van der Waals surface area contributed by atoms with Gasteiger partial charge in [-0.3, -0.25) is 9.59 Å². The van der Waals surface area contributed by atoms with Crippen molar-refractivity contribution in [1.29, 1.82) is 0 Å². The summed E-state index contributed by atoms with van der Waals surface area (Å²) in [4.78, 5) is 23.0. The lowest BCUT2D eigenvalue weighted by Crippen LogP contribution is -2.41. The summed E-state index contributed by atoms with van der Waals surface area (Å²) in [6.45, 7) is 3.83. The Morgan fingerprint density at radius 1 is 1.20 bits per heavy atom. The molecule has 1 aliphatic carbocycles. The summed E-state index contributed by atoms with van der Waals surface area (Å²) in [6, 6.07) is 0.116. The van der Waals surface area contributed by atoms with Crippen LogP contribution < -0.4 is 5.32 Å². The minimum atomic E-state index is -0.362. The van der Waals surface area contributed by atoms with Crippen molar-refractivity contribution < 1.29 is 9.59 Å². The summed E-state index contributed by atoms with van der Waals surface area (Å²) in [6.07, 6.45) is 3.53. The Morgan fingerprint density at radius 2 is 1.73 bits per heavy atom. The highest BCUT2D eigenvalue weighted by Crippen LogP contribution is 2.31. The summed E-state index contributed by atoms with van der Waals surface area (Å²) < 4.78 is 0. The Bertz CT molecular complexity index is 253. The van der Waals surface area contributed by atoms with E-state index in [2.05, 4.69) is 5.32 Å². The van der Waals surface area contributed by atoms with E-state index in [1.54, 1.807) is 0 Å². The smallest absolute Gasteiger partial charge is 0.225 e. The first-order valence-electron chi connectivity index (χ1n) is 5.52. The lowest BCUT2D eigenvalue weighted by molar-refractivity contribution is -0.132. The molecule has 0 aromatic heterocycles. The van der Waals surface area contributed by atoms with E-state index in [1.165, 1.54) is 0 Å². The van der Waals surface area contributed by atoms with Gasteiger partial charge < -0.3 is 5.32 Å². The second kappa shape index (κ2) is 5.50. The third kappa shape index (κ3) is 3.49. The first-order chi connectivity index (χ1) is 7.02. The van der Waals surface area contributed by atoms with Crippen LogP contribution in [0.15, 0.2) is 0 Å². The number of nitrogens with one attached hydrogen (secondary N) is 1. The molecule has 2 atom stereocenters. The molecular formula is C11H18ClNO2. The minimum Gasteiger partial charge on any atom is -0.354 e. The van der Waals surface area contributed by atoms with E-state index < -0.39 is 0 Å². The van der Waals surface area contributed by atoms with Gasteiger partial charge in [-0.05, 0) is 38.3 Å². The summed E-state index contributed by atoms with van der Waals surface area (Å²) in [5.41, 5.74) is 0. The first kappa shape index (κ1) is 12.5. The van der Waals surface area contributed by atoms with Gasteiger partial charge in [-0.25, -0.2) is 0 Å². The summed E-state index contributed by atoms with van der Waals surface area (Å²) >= 11 is 5.51. The Balaban J connectivity index is 2.63. The molecule has 0 aromatic rings. The normalized spacial score (nSPS) is 26.4. The van der Waals surface area contributed by atoms with Crippen LogP contribution in [0.3, 0.4) is 0 Å². The second-order valence-corrected chi connectivity index (χ2v) is 4.84. The molecular weight excluding hydrogens is 214 g/mol. The van der Waals surface area contributed by atoms with Crippen molar-refractivity contribution in [2.75, 3.05) is 0 Å². The van der Waals surface area contributed by atoms with Crippen LogP contribution in [0.5, 0.6) is 0 Å².